The quantitative estimate of drug-likeness (QED) is 0.916. The molecule has 5 heteroatoms. The standard InChI is InChI=1S/C12H19N3S2/c1-9(10-13-4-5-16-10)6-14-11-15-7-12(2,3)8-17-11/h4-5,9H,6-8H2,1-3H3,(H,14,15). The number of aliphatic imine (C=N–C) groups is 1. The highest BCUT2D eigenvalue weighted by atomic mass is 32.2. The molecule has 3 nitrogen and oxygen atoms in total. The van der Waals surface area contributed by atoms with Crippen molar-refractivity contribution in [3.05, 3.63) is 16.6 Å². The van der Waals surface area contributed by atoms with Gasteiger partial charge in [0.1, 0.15) is 0 Å². The highest BCUT2D eigenvalue weighted by Crippen LogP contribution is 2.27. The van der Waals surface area contributed by atoms with Crippen LogP contribution in [0.4, 0.5) is 0 Å². The lowest BCUT2D eigenvalue weighted by Crippen LogP contribution is -2.33. The number of thioether (sulfide) groups is 1. The van der Waals surface area contributed by atoms with Crippen LogP contribution < -0.4 is 5.32 Å². The fourth-order valence-corrected chi connectivity index (χ4v) is 3.21. The summed E-state index contributed by atoms with van der Waals surface area (Å²) < 4.78 is 0. The summed E-state index contributed by atoms with van der Waals surface area (Å²) in [6, 6.07) is 0. The number of aromatic nitrogens is 1. The van der Waals surface area contributed by atoms with Crippen molar-refractivity contribution in [1.82, 2.24) is 10.3 Å². The van der Waals surface area contributed by atoms with E-state index in [9.17, 15) is 0 Å². The Morgan fingerprint density at radius 2 is 2.35 bits per heavy atom. The summed E-state index contributed by atoms with van der Waals surface area (Å²) in [4.78, 5) is 8.92. The molecule has 0 bridgehead atoms. The highest BCUT2D eigenvalue weighted by Gasteiger charge is 2.23. The van der Waals surface area contributed by atoms with Crippen LogP contribution in [0.5, 0.6) is 0 Å². The van der Waals surface area contributed by atoms with Crippen LogP contribution in [0.1, 0.15) is 31.7 Å². The van der Waals surface area contributed by atoms with E-state index in [1.54, 1.807) is 11.3 Å². The first-order chi connectivity index (χ1) is 8.07. The molecule has 1 aromatic heterocycles. The minimum Gasteiger partial charge on any atom is -0.364 e. The second-order valence-electron chi connectivity index (χ2n) is 5.23. The molecular weight excluding hydrogens is 250 g/mol. The van der Waals surface area contributed by atoms with Crippen LogP contribution >= 0.6 is 23.1 Å². The van der Waals surface area contributed by atoms with E-state index < -0.39 is 0 Å². The predicted molar refractivity (Wildman–Crippen MR) is 77.1 cm³/mol. The minimum absolute atomic E-state index is 0.344. The van der Waals surface area contributed by atoms with Crippen molar-refractivity contribution in [2.24, 2.45) is 10.4 Å². The van der Waals surface area contributed by atoms with Gasteiger partial charge in [-0.25, -0.2) is 4.98 Å². The molecule has 1 aromatic rings. The van der Waals surface area contributed by atoms with E-state index in [2.05, 4.69) is 36.1 Å². The molecule has 17 heavy (non-hydrogen) atoms. The Balaban J connectivity index is 1.81. The SMILES string of the molecule is CC(CNC1=NCC(C)(C)CS1)c1nccs1. The summed E-state index contributed by atoms with van der Waals surface area (Å²) in [7, 11) is 0. The first kappa shape index (κ1) is 12.9. The van der Waals surface area contributed by atoms with Crippen molar-refractivity contribution < 1.29 is 0 Å². The Labute approximate surface area is 111 Å². The molecule has 0 aromatic carbocycles. The highest BCUT2D eigenvalue weighted by molar-refractivity contribution is 8.13. The van der Waals surface area contributed by atoms with Crippen molar-refractivity contribution in [3.63, 3.8) is 0 Å². The zero-order valence-electron chi connectivity index (χ0n) is 10.6. The maximum absolute atomic E-state index is 4.59. The molecule has 0 amide bonds. The Morgan fingerprint density at radius 1 is 1.53 bits per heavy atom. The summed E-state index contributed by atoms with van der Waals surface area (Å²) in [6.45, 7) is 8.56. The summed E-state index contributed by atoms with van der Waals surface area (Å²) in [5.41, 5.74) is 0.344. The topological polar surface area (TPSA) is 37.3 Å². The third kappa shape index (κ3) is 3.71. The maximum Gasteiger partial charge on any atom is 0.156 e. The van der Waals surface area contributed by atoms with Gasteiger partial charge in [-0.3, -0.25) is 4.99 Å². The predicted octanol–water partition coefficient (Wildman–Crippen LogP) is 2.97. The fourth-order valence-electron chi connectivity index (χ4n) is 1.55. The molecular formula is C12H19N3S2. The first-order valence-electron chi connectivity index (χ1n) is 5.87. The lowest BCUT2D eigenvalue weighted by molar-refractivity contribution is 0.436. The maximum atomic E-state index is 4.59. The van der Waals surface area contributed by atoms with Crippen molar-refractivity contribution in [2.45, 2.75) is 26.7 Å². The Kier molecular flexibility index (Phi) is 4.09. The minimum atomic E-state index is 0.344. The first-order valence-corrected chi connectivity index (χ1v) is 7.74. The molecule has 0 spiro atoms. The zero-order valence-corrected chi connectivity index (χ0v) is 12.2. The molecule has 0 fully saturated rings. The van der Waals surface area contributed by atoms with Crippen LogP contribution in [0, 0.1) is 5.41 Å². The van der Waals surface area contributed by atoms with Gasteiger partial charge in [-0.1, -0.05) is 32.5 Å². The van der Waals surface area contributed by atoms with Gasteiger partial charge in [0.25, 0.3) is 0 Å². The second-order valence-corrected chi connectivity index (χ2v) is 7.12. The van der Waals surface area contributed by atoms with Crippen molar-refractivity contribution >= 4 is 28.3 Å². The third-order valence-corrected chi connectivity index (χ3v) is 5.16. The van der Waals surface area contributed by atoms with E-state index in [4.69, 9.17) is 0 Å². The number of rotatable bonds is 3. The molecule has 94 valence electrons. The van der Waals surface area contributed by atoms with Gasteiger partial charge in [0.15, 0.2) is 5.17 Å². The Hall–Kier alpha value is -0.550. The monoisotopic (exact) mass is 269 g/mol. The van der Waals surface area contributed by atoms with Gasteiger partial charge in [0, 0.05) is 36.3 Å². The molecule has 0 radical (unpaired) electrons. The fraction of sp³-hybridized carbons (Fsp3) is 0.667. The number of hydrogen-bond acceptors (Lipinski definition) is 5. The van der Waals surface area contributed by atoms with Crippen LogP contribution in [-0.4, -0.2) is 29.0 Å². The molecule has 2 rings (SSSR count). The van der Waals surface area contributed by atoms with Crippen molar-refractivity contribution in [2.75, 3.05) is 18.8 Å². The van der Waals surface area contributed by atoms with Crippen LogP contribution in [0.3, 0.4) is 0 Å². The van der Waals surface area contributed by atoms with E-state index in [-0.39, 0.29) is 0 Å². The van der Waals surface area contributed by atoms with Crippen LogP contribution in [0.25, 0.3) is 0 Å². The van der Waals surface area contributed by atoms with Gasteiger partial charge in [0.2, 0.25) is 0 Å². The van der Waals surface area contributed by atoms with E-state index in [0.717, 1.165) is 24.0 Å². The summed E-state index contributed by atoms with van der Waals surface area (Å²) in [6.07, 6.45) is 1.87. The number of nitrogens with zero attached hydrogens (tertiary/aromatic N) is 2. The number of hydrogen-bond donors (Lipinski definition) is 1. The van der Waals surface area contributed by atoms with Crippen LogP contribution in [0.15, 0.2) is 16.6 Å². The molecule has 0 saturated carbocycles. The van der Waals surface area contributed by atoms with E-state index in [1.165, 1.54) is 5.01 Å². The van der Waals surface area contributed by atoms with E-state index in [0.29, 0.717) is 11.3 Å². The zero-order chi connectivity index (χ0) is 12.3. The average Bonchev–Trinajstić information content (AvgIpc) is 2.80. The lowest BCUT2D eigenvalue weighted by atomic mass is 9.97. The molecule has 2 heterocycles. The van der Waals surface area contributed by atoms with E-state index >= 15 is 0 Å². The van der Waals surface area contributed by atoms with Gasteiger partial charge < -0.3 is 5.32 Å². The average molecular weight is 269 g/mol. The van der Waals surface area contributed by atoms with E-state index in [1.807, 2.05) is 23.3 Å². The van der Waals surface area contributed by atoms with Crippen molar-refractivity contribution in [1.29, 1.82) is 0 Å². The lowest BCUT2D eigenvalue weighted by Gasteiger charge is -2.27. The molecule has 1 unspecified atom stereocenters. The summed E-state index contributed by atoms with van der Waals surface area (Å²) >= 11 is 3.55. The van der Waals surface area contributed by atoms with Crippen LogP contribution in [-0.2, 0) is 0 Å². The normalized spacial score (nSPS) is 20.8. The summed E-state index contributed by atoms with van der Waals surface area (Å²) in [5, 5.41) is 7.74. The molecule has 0 saturated heterocycles. The molecule has 0 aliphatic carbocycles. The second kappa shape index (κ2) is 5.40. The van der Waals surface area contributed by atoms with Gasteiger partial charge in [-0.2, -0.15) is 0 Å². The smallest absolute Gasteiger partial charge is 0.156 e. The molecule has 1 atom stereocenters. The number of thiazole rings is 1. The summed E-state index contributed by atoms with van der Waals surface area (Å²) in [5.74, 6) is 1.60. The molecule has 1 aliphatic rings. The largest absolute Gasteiger partial charge is 0.364 e. The Bertz CT molecular complexity index is 384. The van der Waals surface area contributed by atoms with Gasteiger partial charge in [-0.15, -0.1) is 11.3 Å². The Morgan fingerprint density at radius 3 is 2.94 bits per heavy atom. The number of nitrogens with one attached hydrogen (secondary N) is 1. The molecule has 1 N–H and O–H groups in total. The number of amidine groups is 1. The van der Waals surface area contributed by atoms with Gasteiger partial charge in [0.05, 0.1) is 5.01 Å². The van der Waals surface area contributed by atoms with Gasteiger partial charge in [-0.05, 0) is 5.41 Å². The van der Waals surface area contributed by atoms with Crippen molar-refractivity contribution in [3.8, 4) is 0 Å². The van der Waals surface area contributed by atoms with Gasteiger partial charge >= 0.3 is 0 Å². The van der Waals surface area contributed by atoms with Crippen LogP contribution in [0.2, 0.25) is 0 Å². The third-order valence-electron chi connectivity index (χ3n) is 2.68. The molecule has 1 aliphatic heterocycles.